The molecule has 1 aliphatic heterocycles. The maximum absolute atomic E-state index is 13.7. The first kappa shape index (κ1) is 10.7. The van der Waals surface area contributed by atoms with Gasteiger partial charge in [0.2, 0.25) is 0 Å². The standard InChI is InChI=1S/C13H16FN3/c1-9-2-3-11-12(8-9)17(14)16-13(11)10-4-6-15-7-5-10/h2-3,8,10,15H,4-7H2,1H3. The highest BCUT2D eigenvalue weighted by molar-refractivity contribution is 5.82. The van der Waals surface area contributed by atoms with Crippen molar-refractivity contribution in [2.24, 2.45) is 0 Å². The van der Waals surface area contributed by atoms with Crippen molar-refractivity contribution in [2.45, 2.75) is 25.7 Å². The van der Waals surface area contributed by atoms with Crippen molar-refractivity contribution in [3.8, 4) is 0 Å². The average Bonchev–Trinajstić information content (AvgIpc) is 2.68. The fraction of sp³-hybridized carbons (Fsp3) is 0.462. The molecule has 0 aliphatic carbocycles. The lowest BCUT2D eigenvalue weighted by Crippen LogP contribution is -2.26. The average molecular weight is 233 g/mol. The van der Waals surface area contributed by atoms with Gasteiger partial charge in [-0.15, -0.1) is 5.10 Å². The molecule has 1 aliphatic rings. The van der Waals surface area contributed by atoms with Gasteiger partial charge in [-0.25, -0.2) is 0 Å². The Kier molecular flexibility index (Phi) is 2.59. The molecule has 4 heteroatoms. The monoisotopic (exact) mass is 233 g/mol. The van der Waals surface area contributed by atoms with Gasteiger partial charge >= 0.3 is 0 Å². The zero-order valence-corrected chi connectivity index (χ0v) is 9.91. The van der Waals surface area contributed by atoms with Crippen molar-refractivity contribution in [1.29, 1.82) is 0 Å². The zero-order chi connectivity index (χ0) is 11.8. The van der Waals surface area contributed by atoms with Gasteiger partial charge in [0.15, 0.2) is 0 Å². The van der Waals surface area contributed by atoms with E-state index in [0.29, 0.717) is 16.3 Å². The van der Waals surface area contributed by atoms with Crippen LogP contribution < -0.4 is 5.32 Å². The summed E-state index contributed by atoms with van der Waals surface area (Å²) in [6.07, 6.45) is 2.08. The second kappa shape index (κ2) is 4.11. The lowest BCUT2D eigenvalue weighted by Gasteiger charge is -2.20. The molecular formula is C13H16FN3. The Morgan fingerprint density at radius 2 is 2.12 bits per heavy atom. The summed E-state index contributed by atoms with van der Waals surface area (Å²) < 4.78 is 13.7. The maximum atomic E-state index is 13.7. The molecule has 2 aromatic rings. The van der Waals surface area contributed by atoms with Crippen molar-refractivity contribution in [3.63, 3.8) is 0 Å². The molecule has 1 aromatic carbocycles. The Morgan fingerprint density at radius 1 is 1.35 bits per heavy atom. The van der Waals surface area contributed by atoms with Gasteiger partial charge in [-0.05, 0) is 44.5 Å². The molecule has 1 N–H and O–H groups in total. The lowest BCUT2D eigenvalue weighted by molar-refractivity contribution is 0.323. The van der Waals surface area contributed by atoms with Gasteiger partial charge < -0.3 is 5.32 Å². The summed E-state index contributed by atoms with van der Waals surface area (Å²) in [5, 5.41) is 8.36. The van der Waals surface area contributed by atoms with Gasteiger partial charge in [0, 0.05) is 11.3 Å². The molecule has 1 fully saturated rings. The third-order valence-electron chi connectivity index (χ3n) is 3.55. The highest BCUT2D eigenvalue weighted by atomic mass is 19.2. The fourth-order valence-corrected chi connectivity index (χ4v) is 2.61. The van der Waals surface area contributed by atoms with Crippen LogP contribution >= 0.6 is 0 Å². The van der Waals surface area contributed by atoms with Gasteiger partial charge in [0.25, 0.3) is 0 Å². The Bertz CT molecular complexity index is 541. The summed E-state index contributed by atoms with van der Waals surface area (Å²) >= 11 is 0. The molecule has 0 unspecified atom stereocenters. The van der Waals surface area contributed by atoms with Crippen LogP contribution in [-0.2, 0) is 0 Å². The van der Waals surface area contributed by atoms with Crippen molar-refractivity contribution in [3.05, 3.63) is 29.5 Å². The van der Waals surface area contributed by atoms with Crippen LogP contribution in [0.4, 0.5) is 4.48 Å². The Balaban J connectivity index is 2.10. The van der Waals surface area contributed by atoms with Crippen molar-refractivity contribution < 1.29 is 4.48 Å². The quantitative estimate of drug-likeness (QED) is 0.820. The molecule has 1 saturated heterocycles. The van der Waals surface area contributed by atoms with E-state index in [-0.39, 0.29) is 0 Å². The zero-order valence-electron chi connectivity index (χ0n) is 9.91. The van der Waals surface area contributed by atoms with Crippen LogP contribution in [0.5, 0.6) is 0 Å². The highest BCUT2D eigenvalue weighted by Gasteiger charge is 2.21. The van der Waals surface area contributed by atoms with Crippen LogP contribution in [0.15, 0.2) is 18.2 Å². The van der Waals surface area contributed by atoms with Crippen molar-refractivity contribution in [1.82, 2.24) is 15.3 Å². The molecule has 3 nitrogen and oxygen atoms in total. The molecule has 0 radical (unpaired) electrons. The molecule has 1 aromatic heterocycles. The van der Waals surface area contributed by atoms with Gasteiger partial charge in [0.05, 0.1) is 5.69 Å². The van der Waals surface area contributed by atoms with E-state index in [2.05, 4.69) is 10.4 Å². The van der Waals surface area contributed by atoms with E-state index in [4.69, 9.17) is 0 Å². The summed E-state index contributed by atoms with van der Waals surface area (Å²) in [5.74, 6) is 0.387. The molecule has 2 heterocycles. The number of hydrogen-bond acceptors (Lipinski definition) is 2. The van der Waals surface area contributed by atoms with Gasteiger partial charge in [-0.2, -0.15) is 0 Å². The number of halogens is 1. The van der Waals surface area contributed by atoms with Gasteiger partial charge in [-0.3, -0.25) is 0 Å². The molecular weight excluding hydrogens is 217 g/mol. The predicted molar refractivity (Wildman–Crippen MR) is 65.8 cm³/mol. The summed E-state index contributed by atoms with van der Waals surface area (Å²) in [4.78, 5) is 0.527. The van der Waals surface area contributed by atoms with E-state index in [1.54, 1.807) is 0 Å². The number of aromatic nitrogens is 2. The number of fused-ring (bicyclic) bond motifs is 1. The molecule has 0 saturated carbocycles. The number of piperidine rings is 1. The second-order valence-corrected chi connectivity index (χ2v) is 4.79. The summed E-state index contributed by atoms with van der Waals surface area (Å²) in [6.45, 7) is 3.96. The minimum Gasteiger partial charge on any atom is -0.317 e. The normalized spacial score (nSPS) is 17.8. The summed E-state index contributed by atoms with van der Waals surface area (Å²) in [5.41, 5.74) is 2.58. The van der Waals surface area contributed by atoms with E-state index in [0.717, 1.165) is 42.6 Å². The van der Waals surface area contributed by atoms with Crippen molar-refractivity contribution in [2.75, 3.05) is 13.1 Å². The molecule has 0 amide bonds. The first-order chi connectivity index (χ1) is 8.25. The Morgan fingerprint density at radius 3 is 2.88 bits per heavy atom. The first-order valence-electron chi connectivity index (χ1n) is 6.12. The number of hydrogen-bond donors (Lipinski definition) is 1. The van der Waals surface area contributed by atoms with Crippen LogP contribution in [0.1, 0.15) is 30.0 Å². The van der Waals surface area contributed by atoms with Crippen molar-refractivity contribution >= 4 is 10.9 Å². The smallest absolute Gasteiger partial charge is 0.105 e. The Hall–Kier alpha value is -1.42. The van der Waals surface area contributed by atoms with Crippen LogP contribution in [0.25, 0.3) is 10.9 Å². The van der Waals surface area contributed by atoms with Crippen LogP contribution in [0.2, 0.25) is 0 Å². The molecule has 0 spiro atoms. The number of aryl methyl sites for hydroxylation is 1. The molecule has 90 valence electrons. The summed E-state index contributed by atoms with van der Waals surface area (Å²) in [6, 6.07) is 5.87. The van der Waals surface area contributed by atoms with E-state index >= 15 is 0 Å². The van der Waals surface area contributed by atoms with E-state index in [1.165, 1.54) is 0 Å². The van der Waals surface area contributed by atoms with E-state index in [1.807, 2.05) is 25.1 Å². The summed E-state index contributed by atoms with van der Waals surface area (Å²) in [7, 11) is 0. The first-order valence-corrected chi connectivity index (χ1v) is 6.12. The lowest BCUT2D eigenvalue weighted by atomic mass is 9.92. The van der Waals surface area contributed by atoms with Crippen LogP contribution in [0, 0.1) is 6.92 Å². The Labute approximate surface area is 99.6 Å². The largest absolute Gasteiger partial charge is 0.317 e. The van der Waals surface area contributed by atoms with E-state index in [9.17, 15) is 4.48 Å². The number of rotatable bonds is 1. The van der Waals surface area contributed by atoms with E-state index < -0.39 is 0 Å². The SMILES string of the molecule is Cc1ccc2c(C3CCNCC3)nn(F)c2c1. The molecule has 0 bridgehead atoms. The van der Waals surface area contributed by atoms with Crippen LogP contribution in [-0.4, -0.2) is 23.1 Å². The topological polar surface area (TPSA) is 29.9 Å². The minimum absolute atomic E-state index is 0.387. The third-order valence-corrected chi connectivity index (χ3v) is 3.55. The number of benzene rings is 1. The van der Waals surface area contributed by atoms with Gasteiger partial charge in [-0.1, -0.05) is 21.5 Å². The molecule has 3 rings (SSSR count). The third kappa shape index (κ3) is 1.82. The number of nitrogens with zero attached hydrogens (tertiary/aromatic N) is 2. The molecule has 0 atom stereocenters. The maximum Gasteiger partial charge on any atom is 0.105 e. The van der Waals surface area contributed by atoms with Crippen LogP contribution in [0.3, 0.4) is 0 Å². The highest BCUT2D eigenvalue weighted by Crippen LogP contribution is 2.31. The second-order valence-electron chi connectivity index (χ2n) is 4.79. The van der Waals surface area contributed by atoms with Gasteiger partial charge in [0.1, 0.15) is 5.52 Å². The number of nitrogens with one attached hydrogen (secondary N) is 1. The fourth-order valence-electron chi connectivity index (χ4n) is 2.61. The minimum atomic E-state index is 0.387. The predicted octanol–water partition coefficient (Wildman–Crippen LogP) is 2.54. The molecule has 17 heavy (non-hydrogen) atoms.